The Morgan fingerprint density at radius 3 is 2.31 bits per heavy atom. The van der Waals surface area contributed by atoms with Gasteiger partial charge in [0.15, 0.2) is 0 Å². The zero-order valence-electron chi connectivity index (χ0n) is 10.2. The molecule has 1 aliphatic rings. The summed E-state index contributed by atoms with van der Waals surface area (Å²) in [6.07, 6.45) is 2.99. The van der Waals surface area contributed by atoms with Crippen LogP contribution in [0.25, 0.3) is 0 Å². The molecule has 0 fully saturated rings. The Labute approximate surface area is 97.7 Å². The summed E-state index contributed by atoms with van der Waals surface area (Å²) in [5.74, 6) is 0. The summed E-state index contributed by atoms with van der Waals surface area (Å²) in [7, 11) is 0. The van der Waals surface area contributed by atoms with Crippen LogP contribution in [0.3, 0.4) is 0 Å². The second-order valence-corrected chi connectivity index (χ2v) is 5.01. The number of nitrogens with one attached hydrogen (secondary N) is 1. The van der Waals surface area contributed by atoms with Crippen molar-refractivity contribution >= 4 is 0 Å². The molecule has 2 rings (SSSR count). The lowest BCUT2D eigenvalue weighted by Gasteiger charge is -2.31. The van der Waals surface area contributed by atoms with E-state index in [1.165, 1.54) is 11.1 Å². The second-order valence-electron chi connectivity index (χ2n) is 5.01. The van der Waals surface area contributed by atoms with Crippen molar-refractivity contribution in [2.45, 2.75) is 44.7 Å². The molecule has 0 saturated heterocycles. The van der Waals surface area contributed by atoms with Gasteiger partial charge in [0.25, 0.3) is 0 Å². The van der Waals surface area contributed by atoms with Crippen LogP contribution in [-0.2, 0) is 12.8 Å². The van der Waals surface area contributed by atoms with Crippen molar-refractivity contribution in [3.63, 3.8) is 0 Å². The van der Waals surface area contributed by atoms with Crippen LogP contribution in [0.15, 0.2) is 24.3 Å². The third kappa shape index (κ3) is 2.13. The van der Waals surface area contributed by atoms with Crippen LogP contribution in [0.2, 0.25) is 0 Å². The zero-order chi connectivity index (χ0) is 11.6. The smallest absolute Gasteiger partial charge is 0.0619 e. The van der Waals surface area contributed by atoms with Crippen LogP contribution in [-0.4, -0.2) is 23.3 Å². The Balaban J connectivity index is 2.16. The van der Waals surface area contributed by atoms with Crippen molar-refractivity contribution in [3.05, 3.63) is 35.4 Å². The lowest BCUT2D eigenvalue weighted by Crippen LogP contribution is -2.53. The molecule has 2 nitrogen and oxygen atoms in total. The van der Waals surface area contributed by atoms with E-state index >= 15 is 0 Å². The molecule has 0 spiro atoms. The monoisotopic (exact) mass is 219 g/mol. The van der Waals surface area contributed by atoms with Gasteiger partial charge in [-0.1, -0.05) is 31.2 Å². The standard InChI is InChI=1S/C14H21NO/c1-3-11(2)15-14(10-16)8-12-6-4-5-7-13(12)9-14/h4-7,11,15-16H,3,8-10H2,1-2H3. The highest BCUT2D eigenvalue weighted by Gasteiger charge is 2.36. The maximum atomic E-state index is 9.67. The minimum atomic E-state index is -0.126. The Bertz CT molecular complexity index is 337. The van der Waals surface area contributed by atoms with Crippen molar-refractivity contribution in [1.82, 2.24) is 5.32 Å². The minimum Gasteiger partial charge on any atom is -0.394 e. The molecular weight excluding hydrogens is 198 g/mol. The van der Waals surface area contributed by atoms with Gasteiger partial charge in [-0.05, 0) is 37.3 Å². The summed E-state index contributed by atoms with van der Waals surface area (Å²) >= 11 is 0. The van der Waals surface area contributed by atoms with Crippen LogP contribution < -0.4 is 5.32 Å². The topological polar surface area (TPSA) is 32.3 Å². The fourth-order valence-electron chi connectivity index (χ4n) is 2.58. The normalized spacial score (nSPS) is 19.4. The summed E-state index contributed by atoms with van der Waals surface area (Å²) in [6, 6.07) is 8.96. The van der Waals surface area contributed by atoms with Crippen LogP contribution >= 0.6 is 0 Å². The van der Waals surface area contributed by atoms with E-state index in [0.29, 0.717) is 6.04 Å². The number of aliphatic hydroxyl groups excluding tert-OH is 1. The predicted molar refractivity (Wildman–Crippen MR) is 66.6 cm³/mol. The van der Waals surface area contributed by atoms with E-state index in [-0.39, 0.29) is 12.1 Å². The number of aliphatic hydroxyl groups is 1. The highest BCUT2D eigenvalue weighted by molar-refractivity contribution is 5.36. The molecule has 0 aliphatic heterocycles. The molecule has 1 aromatic carbocycles. The van der Waals surface area contributed by atoms with Gasteiger partial charge < -0.3 is 10.4 Å². The van der Waals surface area contributed by atoms with E-state index in [1.54, 1.807) is 0 Å². The van der Waals surface area contributed by atoms with Gasteiger partial charge in [-0.15, -0.1) is 0 Å². The van der Waals surface area contributed by atoms with Crippen LogP contribution in [0, 0.1) is 0 Å². The maximum absolute atomic E-state index is 9.67. The van der Waals surface area contributed by atoms with E-state index in [1.807, 2.05) is 0 Å². The molecule has 2 heteroatoms. The Morgan fingerprint density at radius 2 is 1.88 bits per heavy atom. The largest absolute Gasteiger partial charge is 0.394 e. The SMILES string of the molecule is CCC(C)NC1(CO)Cc2ccccc2C1. The Morgan fingerprint density at radius 1 is 1.31 bits per heavy atom. The first-order valence-corrected chi connectivity index (χ1v) is 6.14. The highest BCUT2D eigenvalue weighted by atomic mass is 16.3. The molecule has 0 saturated carbocycles. The Kier molecular flexibility index (Phi) is 3.31. The first kappa shape index (κ1) is 11.6. The van der Waals surface area contributed by atoms with Gasteiger partial charge in [0.1, 0.15) is 0 Å². The number of rotatable bonds is 4. The van der Waals surface area contributed by atoms with Gasteiger partial charge in [-0.25, -0.2) is 0 Å². The molecular formula is C14H21NO. The number of hydrogen-bond donors (Lipinski definition) is 2. The van der Waals surface area contributed by atoms with Gasteiger partial charge in [0, 0.05) is 11.6 Å². The molecule has 2 N–H and O–H groups in total. The zero-order valence-corrected chi connectivity index (χ0v) is 10.2. The fraction of sp³-hybridized carbons (Fsp3) is 0.571. The second kappa shape index (κ2) is 4.56. The number of fused-ring (bicyclic) bond motifs is 1. The molecule has 0 amide bonds. The third-order valence-electron chi connectivity index (χ3n) is 3.64. The summed E-state index contributed by atoms with van der Waals surface area (Å²) in [6.45, 7) is 4.57. The maximum Gasteiger partial charge on any atom is 0.0619 e. The average molecular weight is 219 g/mol. The predicted octanol–water partition coefficient (Wildman–Crippen LogP) is 1.90. The van der Waals surface area contributed by atoms with E-state index < -0.39 is 0 Å². The van der Waals surface area contributed by atoms with Crippen LogP contribution in [0.1, 0.15) is 31.4 Å². The molecule has 0 radical (unpaired) electrons. The first-order chi connectivity index (χ1) is 7.69. The molecule has 1 aromatic rings. The molecule has 0 heterocycles. The van der Waals surface area contributed by atoms with Crippen LogP contribution in [0.5, 0.6) is 0 Å². The lowest BCUT2D eigenvalue weighted by molar-refractivity contribution is 0.155. The molecule has 0 aromatic heterocycles. The number of hydrogen-bond acceptors (Lipinski definition) is 2. The van der Waals surface area contributed by atoms with Crippen molar-refractivity contribution in [2.24, 2.45) is 0 Å². The summed E-state index contributed by atoms with van der Waals surface area (Å²) in [5.41, 5.74) is 2.64. The number of benzene rings is 1. The minimum absolute atomic E-state index is 0.126. The van der Waals surface area contributed by atoms with Crippen molar-refractivity contribution in [3.8, 4) is 0 Å². The van der Waals surface area contributed by atoms with E-state index in [2.05, 4.69) is 43.4 Å². The van der Waals surface area contributed by atoms with Crippen molar-refractivity contribution in [2.75, 3.05) is 6.61 Å². The van der Waals surface area contributed by atoms with Gasteiger partial charge >= 0.3 is 0 Å². The molecule has 0 bridgehead atoms. The summed E-state index contributed by atoms with van der Waals surface area (Å²) in [4.78, 5) is 0. The van der Waals surface area contributed by atoms with Crippen LogP contribution in [0.4, 0.5) is 0 Å². The summed E-state index contributed by atoms with van der Waals surface area (Å²) < 4.78 is 0. The third-order valence-corrected chi connectivity index (χ3v) is 3.64. The molecule has 88 valence electrons. The Hall–Kier alpha value is -0.860. The van der Waals surface area contributed by atoms with Crippen molar-refractivity contribution in [1.29, 1.82) is 0 Å². The van der Waals surface area contributed by atoms with Gasteiger partial charge in [0.05, 0.1) is 6.61 Å². The van der Waals surface area contributed by atoms with Gasteiger partial charge in [-0.2, -0.15) is 0 Å². The van der Waals surface area contributed by atoms with Gasteiger partial charge in [-0.3, -0.25) is 0 Å². The lowest BCUT2D eigenvalue weighted by atomic mass is 9.95. The average Bonchev–Trinajstić information content (AvgIpc) is 2.67. The van der Waals surface area contributed by atoms with Crippen molar-refractivity contribution < 1.29 is 5.11 Å². The highest BCUT2D eigenvalue weighted by Crippen LogP contribution is 2.30. The molecule has 1 unspecified atom stereocenters. The van der Waals surface area contributed by atoms with E-state index in [9.17, 15) is 5.11 Å². The molecule has 1 atom stereocenters. The summed E-state index contributed by atoms with van der Waals surface area (Å²) in [5, 5.41) is 13.3. The molecule has 1 aliphatic carbocycles. The van der Waals surface area contributed by atoms with E-state index in [4.69, 9.17) is 0 Å². The quantitative estimate of drug-likeness (QED) is 0.810. The van der Waals surface area contributed by atoms with E-state index in [0.717, 1.165) is 19.3 Å². The fourth-order valence-corrected chi connectivity index (χ4v) is 2.58. The molecule has 16 heavy (non-hydrogen) atoms. The first-order valence-electron chi connectivity index (χ1n) is 6.14. The van der Waals surface area contributed by atoms with Gasteiger partial charge in [0.2, 0.25) is 0 Å².